The van der Waals surface area contributed by atoms with E-state index in [1.165, 1.54) is 24.3 Å². The third kappa shape index (κ3) is 4.68. The molecule has 170 valence electrons. The van der Waals surface area contributed by atoms with Gasteiger partial charge in [-0.05, 0) is 35.9 Å². The smallest absolute Gasteiger partial charge is 0.338 e. The first-order valence-electron chi connectivity index (χ1n) is 10.4. The molecule has 0 radical (unpaired) electrons. The number of esters is 1. The zero-order valence-electron chi connectivity index (χ0n) is 17.8. The number of nitro groups is 1. The van der Waals surface area contributed by atoms with Gasteiger partial charge in [0.1, 0.15) is 12.3 Å². The van der Waals surface area contributed by atoms with E-state index in [1.807, 2.05) is 48.5 Å². The van der Waals surface area contributed by atoms with Crippen molar-refractivity contribution in [2.75, 3.05) is 13.2 Å². The van der Waals surface area contributed by atoms with E-state index in [2.05, 4.69) is 5.32 Å². The minimum atomic E-state index is -0.826. The second kappa shape index (κ2) is 9.78. The molecule has 0 bridgehead atoms. The van der Waals surface area contributed by atoms with Gasteiger partial charge in [0, 0.05) is 29.4 Å². The zero-order chi connectivity index (χ0) is 24.1. The molecular formula is C25H19N3O6. The molecule has 0 aliphatic rings. The summed E-state index contributed by atoms with van der Waals surface area (Å²) in [6, 6.07) is 21.6. The number of benzene rings is 2. The lowest BCUT2D eigenvalue weighted by molar-refractivity contribution is -0.384. The van der Waals surface area contributed by atoms with Crippen molar-refractivity contribution >= 4 is 28.9 Å². The molecule has 2 aromatic heterocycles. The second-order valence-electron chi connectivity index (χ2n) is 7.29. The molecule has 0 saturated heterocycles. The normalized spacial score (nSPS) is 10.6. The van der Waals surface area contributed by atoms with Crippen molar-refractivity contribution in [3.05, 3.63) is 106 Å². The number of non-ortho nitro benzene ring substituents is 1. The van der Waals surface area contributed by atoms with Gasteiger partial charge in [0.25, 0.3) is 17.4 Å². The van der Waals surface area contributed by atoms with Crippen LogP contribution in [-0.4, -0.2) is 40.1 Å². The molecule has 0 fully saturated rings. The summed E-state index contributed by atoms with van der Waals surface area (Å²) in [5.74, 6) is -2.24. The highest BCUT2D eigenvalue weighted by Crippen LogP contribution is 2.28. The quantitative estimate of drug-likeness (QED) is 0.108. The van der Waals surface area contributed by atoms with E-state index < -0.39 is 22.6 Å². The van der Waals surface area contributed by atoms with Crippen LogP contribution in [0.15, 0.2) is 85.1 Å². The van der Waals surface area contributed by atoms with E-state index in [0.29, 0.717) is 5.56 Å². The molecule has 2 heterocycles. The molecule has 0 aliphatic heterocycles. The Hall–Kier alpha value is -4.79. The summed E-state index contributed by atoms with van der Waals surface area (Å²) in [6.45, 7) is -0.247. The number of fused-ring (bicyclic) bond motifs is 1. The summed E-state index contributed by atoms with van der Waals surface area (Å²) in [5.41, 5.74) is 2.45. The first-order valence-corrected chi connectivity index (χ1v) is 10.4. The molecule has 0 unspecified atom stereocenters. The van der Waals surface area contributed by atoms with Gasteiger partial charge in [-0.2, -0.15) is 0 Å². The Labute approximate surface area is 193 Å². The predicted octanol–water partition coefficient (Wildman–Crippen LogP) is 3.67. The largest absolute Gasteiger partial charge is 0.460 e. The first kappa shape index (κ1) is 22.4. The molecule has 4 aromatic rings. The molecule has 4 rings (SSSR count). The van der Waals surface area contributed by atoms with E-state index in [-0.39, 0.29) is 30.1 Å². The molecule has 0 atom stereocenters. The number of rotatable bonds is 8. The minimum Gasteiger partial charge on any atom is -0.460 e. The average molecular weight is 457 g/mol. The number of aromatic nitrogens is 1. The highest BCUT2D eigenvalue weighted by molar-refractivity contribution is 6.43. The number of amides is 1. The van der Waals surface area contributed by atoms with Gasteiger partial charge < -0.3 is 14.5 Å². The van der Waals surface area contributed by atoms with Crippen LogP contribution in [-0.2, 0) is 9.53 Å². The standard InChI is InChI=1S/C25H19N3O6/c29-23(22-21(17-6-2-1-3-7-17)16-20-8-4-5-14-27(20)22)24(30)26-13-15-34-25(31)18-9-11-19(12-10-18)28(32)33/h1-12,14,16H,13,15H2,(H,26,30). The minimum absolute atomic E-state index is 0.0761. The summed E-state index contributed by atoms with van der Waals surface area (Å²) in [6.07, 6.45) is 1.72. The van der Waals surface area contributed by atoms with Crippen molar-refractivity contribution in [3.63, 3.8) is 0 Å². The molecular weight excluding hydrogens is 438 g/mol. The number of ketones is 1. The number of nitro benzene ring substituents is 1. The van der Waals surface area contributed by atoms with Crippen LogP contribution in [0.2, 0.25) is 0 Å². The van der Waals surface area contributed by atoms with Crippen molar-refractivity contribution in [1.82, 2.24) is 9.72 Å². The fourth-order valence-electron chi connectivity index (χ4n) is 3.49. The van der Waals surface area contributed by atoms with Crippen LogP contribution in [0.1, 0.15) is 20.8 Å². The molecule has 2 aromatic carbocycles. The number of carbonyl (C=O) groups excluding carboxylic acids is 3. The van der Waals surface area contributed by atoms with Gasteiger partial charge in [0.2, 0.25) is 0 Å². The Morgan fingerprint density at radius 1 is 0.941 bits per heavy atom. The van der Waals surface area contributed by atoms with Crippen LogP contribution in [0.3, 0.4) is 0 Å². The van der Waals surface area contributed by atoms with E-state index in [4.69, 9.17) is 4.74 Å². The number of carbonyl (C=O) groups is 3. The molecule has 0 spiro atoms. The Kier molecular flexibility index (Phi) is 6.45. The van der Waals surface area contributed by atoms with Crippen LogP contribution in [0.4, 0.5) is 5.69 Å². The third-order valence-electron chi connectivity index (χ3n) is 5.12. The highest BCUT2D eigenvalue weighted by atomic mass is 16.6. The van der Waals surface area contributed by atoms with Gasteiger partial charge in [0.05, 0.1) is 17.0 Å². The SMILES string of the molecule is O=C(NCCOC(=O)c1ccc([N+](=O)[O-])cc1)C(=O)c1c(-c2ccccc2)cc2ccccn12. The van der Waals surface area contributed by atoms with Gasteiger partial charge in [-0.25, -0.2) is 4.79 Å². The number of hydrogen-bond donors (Lipinski definition) is 1. The maximum absolute atomic E-state index is 13.1. The number of pyridine rings is 1. The fraction of sp³-hybridized carbons (Fsp3) is 0.0800. The second-order valence-corrected chi connectivity index (χ2v) is 7.29. The van der Waals surface area contributed by atoms with Crippen molar-refractivity contribution in [2.45, 2.75) is 0 Å². The summed E-state index contributed by atoms with van der Waals surface area (Å²) >= 11 is 0. The molecule has 0 aliphatic carbocycles. The summed E-state index contributed by atoms with van der Waals surface area (Å²) in [7, 11) is 0. The third-order valence-corrected chi connectivity index (χ3v) is 5.12. The predicted molar refractivity (Wildman–Crippen MR) is 124 cm³/mol. The number of nitrogens with zero attached hydrogens (tertiary/aromatic N) is 2. The van der Waals surface area contributed by atoms with Gasteiger partial charge in [-0.1, -0.05) is 36.4 Å². The topological polar surface area (TPSA) is 120 Å². The Morgan fingerprint density at radius 3 is 2.35 bits per heavy atom. The Morgan fingerprint density at radius 2 is 1.65 bits per heavy atom. The molecule has 34 heavy (non-hydrogen) atoms. The lowest BCUT2D eigenvalue weighted by atomic mass is 10.0. The maximum atomic E-state index is 13.1. The average Bonchev–Trinajstić information content (AvgIpc) is 3.26. The summed E-state index contributed by atoms with van der Waals surface area (Å²) in [4.78, 5) is 47.8. The van der Waals surface area contributed by atoms with E-state index in [0.717, 1.165) is 11.1 Å². The van der Waals surface area contributed by atoms with Crippen molar-refractivity contribution in [1.29, 1.82) is 0 Å². The zero-order valence-corrected chi connectivity index (χ0v) is 17.8. The van der Waals surface area contributed by atoms with Crippen molar-refractivity contribution < 1.29 is 24.0 Å². The number of Topliss-reactive ketones (excluding diaryl/α,β-unsaturated/α-hetero) is 1. The van der Waals surface area contributed by atoms with Crippen LogP contribution < -0.4 is 5.32 Å². The Balaban J connectivity index is 1.41. The molecule has 1 N–H and O–H groups in total. The van der Waals surface area contributed by atoms with Gasteiger partial charge >= 0.3 is 5.97 Å². The van der Waals surface area contributed by atoms with E-state index in [9.17, 15) is 24.5 Å². The van der Waals surface area contributed by atoms with Crippen LogP contribution >= 0.6 is 0 Å². The number of nitrogens with one attached hydrogen (secondary N) is 1. The van der Waals surface area contributed by atoms with E-state index in [1.54, 1.807) is 16.7 Å². The van der Waals surface area contributed by atoms with Crippen LogP contribution in [0.5, 0.6) is 0 Å². The van der Waals surface area contributed by atoms with Crippen LogP contribution in [0, 0.1) is 10.1 Å². The van der Waals surface area contributed by atoms with Gasteiger partial charge in [0.15, 0.2) is 0 Å². The molecule has 9 heteroatoms. The van der Waals surface area contributed by atoms with Crippen molar-refractivity contribution in [3.8, 4) is 11.1 Å². The fourth-order valence-corrected chi connectivity index (χ4v) is 3.49. The van der Waals surface area contributed by atoms with Gasteiger partial charge in [-0.3, -0.25) is 19.7 Å². The maximum Gasteiger partial charge on any atom is 0.338 e. The van der Waals surface area contributed by atoms with Crippen molar-refractivity contribution in [2.24, 2.45) is 0 Å². The number of hydrogen-bond acceptors (Lipinski definition) is 6. The first-order chi connectivity index (χ1) is 16.5. The summed E-state index contributed by atoms with van der Waals surface area (Å²) in [5, 5.41) is 13.2. The Bertz CT molecular complexity index is 1380. The van der Waals surface area contributed by atoms with Crippen LogP contribution in [0.25, 0.3) is 16.6 Å². The molecule has 0 saturated carbocycles. The molecule has 9 nitrogen and oxygen atoms in total. The van der Waals surface area contributed by atoms with E-state index >= 15 is 0 Å². The van der Waals surface area contributed by atoms with Gasteiger partial charge in [-0.15, -0.1) is 0 Å². The number of ether oxygens (including phenoxy) is 1. The monoisotopic (exact) mass is 457 g/mol. The lowest BCUT2D eigenvalue weighted by Gasteiger charge is -2.08. The lowest BCUT2D eigenvalue weighted by Crippen LogP contribution is -2.34. The molecule has 1 amide bonds. The highest BCUT2D eigenvalue weighted by Gasteiger charge is 2.24. The summed E-state index contributed by atoms with van der Waals surface area (Å²) < 4.78 is 6.74.